The molecule has 3 rings (SSSR count). The molecule has 0 amide bonds. The van der Waals surface area contributed by atoms with Crippen LogP contribution in [-0.4, -0.2) is 62.2 Å². The van der Waals surface area contributed by atoms with Crippen LogP contribution in [0.25, 0.3) is 0 Å². The first-order chi connectivity index (χ1) is 11.3. The molecule has 1 aliphatic rings. The maximum atomic E-state index is 9.61. The second kappa shape index (κ2) is 7.68. The Morgan fingerprint density at radius 2 is 1.87 bits per heavy atom. The summed E-state index contributed by atoms with van der Waals surface area (Å²) in [6, 6.07) is 10.4. The van der Waals surface area contributed by atoms with Crippen LogP contribution in [0.15, 0.2) is 30.3 Å². The fourth-order valence-corrected chi connectivity index (χ4v) is 3.05. The summed E-state index contributed by atoms with van der Waals surface area (Å²) in [5.41, 5.74) is 1.31. The molecule has 0 radical (unpaired) electrons. The highest BCUT2D eigenvalue weighted by atomic mass is 16.3. The molecule has 124 valence electrons. The summed E-state index contributed by atoms with van der Waals surface area (Å²) in [4.78, 5) is 2.18. The summed E-state index contributed by atoms with van der Waals surface area (Å²) in [6.45, 7) is 2.85. The van der Waals surface area contributed by atoms with E-state index in [1.807, 2.05) is 6.07 Å². The lowest BCUT2D eigenvalue weighted by atomic mass is 10.1. The highest BCUT2D eigenvalue weighted by Crippen LogP contribution is 2.12. The summed E-state index contributed by atoms with van der Waals surface area (Å²) in [5, 5.41) is 27.3. The largest absolute Gasteiger partial charge is 0.394 e. The van der Waals surface area contributed by atoms with Gasteiger partial charge in [0.2, 0.25) is 0 Å². The van der Waals surface area contributed by atoms with Gasteiger partial charge < -0.3 is 14.8 Å². The van der Waals surface area contributed by atoms with Crippen LogP contribution < -0.4 is 0 Å². The van der Waals surface area contributed by atoms with Crippen LogP contribution in [0.5, 0.6) is 0 Å². The van der Waals surface area contributed by atoms with Gasteiger partial charge in [0.25, 0.3) is 0 Å². The summed E-state index contributed by atoms with van der Waals surface area (Å²) in [7, 11) is 0. The number of hydrogen-bond acceptors (Lipinski definition) is 5. The molecule has 0 aliphatic carbocycles. The summed E-state index contributed by atoms with van der Waals surface area (Å²) >= 11 is 0. The maximum absolute atomic E-state index is 9.61. The molecule has 1 aliphatic heterocycles. The second-order valence-electron chi connectivity index (χ2n) is 6.06. The molecule has 0 bridgehead atoms. The minimum atomic E-state index is -0.670. The van der Waals surface area contributed by atoms with Crippen molar-refractivity contribution in [3.8, 4) is 0 Å². The number of rotatable bonds is 6. The lowest BCUT2D eigenvalue weighted by Crippen LogP contribution is -2.36. The number of aryl methyl sites for hydroxylation is 2. The Morgan fingerprint density at radius 1 is 1.04 bits per heavy atom. The fourth-order valence-electron chi connectivity index (χ4n) is 3.05. The third kappa shape index (κ3) is 4.16. The first-order valence-corrected chi connectivity index (χ1v) is 8.22. The van der Waals surface area contributed by atoms with Gasteiger partial charge in [0.15, 0.2) is 0 Å². The molecule has 2 aromatic rings. The van der Waals surface area contributed by atoms with Crippen LogP contribution in [0.3, 0.4) is 0 Å². The Morgan fingerprint density at radius 3 is 2.65 bits per heavy atom. The molecule has 1 aromatic carbocycles. The van der Waals surface area contributed by atoms with Crippen LogP contribution in [0, 0.1) is 0 Å². The van der Waals surface area contributed by atoms with E-state index in [1.165, 1.54) is 5.56 Å². The molecule has 23 heavy (non-hydrogen) atoms. The molecule has 1 aromatic heterocycles. The van der Waals surface area contributed by atoms with Gasteiger partial charge in [-0.2, -0.15) is 0 Å². The molecule has 2 heterocycles. The molecule has 0 saturated carbocycles. The number of aromatic nitrogens is 3. The Kier molecular flexibility index (Phi) is 5.38. The normalized spacial score (nSPS) is 16.8. The number of β-amino-alcohol motifs (C(OH)–C–C–N with tert-alkyl or cyclic N) is 1. The van der Waals surface area contributed by atoms with Gasteiger partial charge in [-0.3, -0.25) is 4.90 Å². The lowest BCUT2D eigenvalue weighted by molar-refractivity contribution is 0.0597. The standard InChI is InChI=1S/C17H24N4O2/c22-13-15(23)12-20-9-8-17-19-18-16(21(17)11-10-20)7-6-14-4-2-1-3-5-14/h1-5,15,22-23H,6-13H2/t15-/m0/s1. The van der Waals surface area contributed by atoms with Crippen molar-refractivity contribution in [1.82, 2.24) is 19.7 Å². The lowest BCUT2D eigenvalue weighted by Gasteiger charge is -2.21. The third-order valence-electron chi connectivity index (χ3n) is 4.36. The van der Waals surface area contributed by atoms with Crippen LogP contribution in [0.4, 0.5) is 0 Å². The summed E-state index contributed by atoms with van der Waals surface area (Å²) in [5.74, 6) is 2.06. The smallest absolute Gasteiger partial charge is 0.134 e. The van der Waals surface area contributed by atoms with E-state index in [-0.39, 0.29) is 6.61 Å². The Bertz CT molecular complexity index is 614. The fraction of sp³-hybridized carbons (Fsp3) is 0.529. The van der Waals surface area contributed by atoms with Crippen LogP contribution in [0.1, 0.15) is 17.2 Å². The maximum Gasteiger partial charge on any atom is 0.134 e. The van der Waals surface area contributed by atoms with Crippen molar-refractivity contribution in [3.63, 3.8) is 0 Å². The predicted molar refractivity (Wildman–Crippen MR) is 87.1 cm³/mol. The van der Waals surface area contributed by atoms with Crippen molar-refractivity contribution in [2.75, 3.05) is 26.2 Å². The van der Waals surface area contributed by atoms with Gasteiger partial charge in [-0.15, -0.1) is 10.2 Å². The van der Waals surface area contributed by atoms with E-state index in [4.69, 9.17) is 5.11 Å². The van der Waals surface area contributed by atoms with Crippen molar-refractivity contribution in [3.05, 3.63) is 47.5 Å². The van der Waals surface area contributed by atoms with Gasteiger partial charge in [0, 0.05) is 39.0 Å². The first kappa shape index (κ1) is 16.1. The number of aliphatic hydroxyl groups is 2. The highest BCUT2D eigenvalue weighted by Gasteiger charge is 2.19. The molecule has 6 heteroatoms. The van der Waals surface area contributed by atoms with E-state index < -0.39 is 6.10 Å². The zero-order valence-corrected chi connectivity index (χ0v) is 13.3. The molecule has 0 spiro atoms. The van der Waals surface area contributed by atoms with Gasteiger partial charge in [0.1, 0.15) is 11.6 Å². The number of fused-ring (bicyclic) bond motifs is 1. The molecule has 0 saturated heterocycles. The van der Waals surface area contributed by atoms with E-state index in [1.54, 1.807) is 0 Å². The van der Waals surface area contributed by atoms with Crippen molar-refractivity contribution in [2.45, 2.75) is 31.9 Å². The van der Waals surface area contributed by atoms with Crippen molar-refractivity contribution in [2.24, 2.45) is 0 Å². The zero-order valence-electron chi connectivity index (χ0n) is 13.3. The molecular weight excluding hydrogens is 292 g/mol. The number of benzene rings is 1. The summed E-state index contributed by atoms with van der Waals surface area (Å²) in [6.07, 6.45) is 2.01. The Labute approximate surface area is 136 Å². The Hall–Kier alpha value is -1.76. The average molecular weight is 316 g/mol. The van der Waals surface area contributed by atoms with Crippen LogP contribution in [0.2, 0.25) is 0 Å². The second-order valence-corrected chi connectivity index (χ2v) is 6.06. The van der Waals surface area contributed by atoms with Crippen molar-refractivity contribution in [1.29, 1.82) is 0 Å². The molecule has 1 atom stereocenters. The van der Waals surface area contributed by atoms with Crippen LogP contribution in [-0.2, 0) is 25.8 Å². The minimum Gasteiger partial charge on any atom is -0.394 e. The van der Waals surface area contributed by atoms with E-state index in [2.05, 4.69) is 43.9 Å². The quantitative estimate of drug-likeness (QED) is 0.800. The molecule has 0 fully saturated rings. The van der Waals surface area contributed by atoms with E-state index in [0.29, 0.717) is 6.54 Å². The van der Waals surface area contributed by atoms with E-state index in [0.717, 1.165) is 50.5 Å². The van der Waals surface area contributed by atoms with Gasteiger partial charge in [0.05, 0.1) is 12.7 Å². The number of nitrogens with zero attached hydrogens (tertiary/aromatic N) is 4. The Balaban J connectivity index is 1.61. The number of hydrogen-bond donors (Lipinski definition) is 2. The monoisotopic (exact) mass is 316 g/mol. The molecule has 6 nitrogen and oxygen atoms in total. The molecule has 2 N–H and O–H groups in total. The first-order valence-electron chi connectivity index (χ1n) is 8.22. The van der Waals surface area contributed by atoms with Gasteiger partial charge in [-0.25, -0.2) is 0 Å². The summed E-state index contributed by atoms with van der Waals surface area (Å²) < 4.78 is 2.22. The minimum absolute atomic E-state index is 0.190. The molecule has 0 unspecified atom stereocenters. The number of aliphatic hydroxyl groups excluding tert-OH is 2. The topological polar surface area (TPSA) is 74.4 Å². The van der Waals surface area contributed by atoms with Crippen LogP contribution >= 0.6 is 0 Å². The zero-order chi connectivity index (χ0) is 16.1. The van der Waals surface area contributed by atoms with E-state index >= 15 is 0 Å². The highest BCUT2D eigenvalue weighted by molar-refractivity contribution is 5.15. The predicted octanol–water partition coefficient (Wildman–Crippen LogP) is 0.275. The molecular formula is C17H24N4O2. The van der Waals surface area contributed by atoms with Gasteiger partial charge >= 0.3 is 0 Å². The SMILES string of the molecule is OC[C@@H](O)CN1CCc2nnc(CCc3ccccc3)n2CC1. The van der Waals surface area contributed by atoms with Gasteiger partial charge in [-0.05, 0) is 12.0 Å². The average Bonchev–Trinajstić information content (AvgIpc) is 2.87. The third-order valence-corrected chi connectivity index (χ3v) is 4.36. The van der Waals surface area contributed by atoms with Crippen molar-refractivity contribution >= 4 is 0 Å². The van der Waals surface area contributed by atoms with Crippen molar-refractivity contribution < 1.29 is 10.2 Å². The van der Waals surface area contributed by atoms with Gasteiger partial charge in [-0.1, -0.05) is 30.3 Å². The van der Waals surface area contributed by atoms with E-state index in [9.17, 15) is 5.11 Å².